The van der Waals surface area contributed by atoms with Crippen molar-refractivity contribution in [3.05, 3.63) is 59.1 Å². The summed E-state index contributed by atoms with van der Waals surface area (Å²) < 4.78 is 1.96. The van der Waals surface area contributed by atoms with Crippen LogP contribution < -0.4 is 5.32 Å². The lowest BCUT2D eigenvalue weighted by molar-refractivity contribution is -0.118. The Morgan fingerprint density at radius 2 is 1.79 bits per heavy atom. The quantitative estimate of drug-likeness (QED) is 0.566. The molecule has 0 aliphatic carbocycles. The second-order valence-corrected chi connectivity index (χ2v) is 8.35. The summed E-state index contributed by atoms with van der Waals surface area (Å²) in [5.41, 5.74) is 3.04. The van der Waals surface area contributed by atoms with E-state index in [4.69, 9.17) is 11.6 Å². The molecular weight excluding hydrogens is 392 g/mol. The third-order valence-electron chi connectivity index (χ3n) is 4.07. The molecule has 0 fully saturated rings. The number of amides is 1. The first-order valence-corrected chi connectivity index (χ1v) is 10.5. The van der Waals surface area contributed by atoms with Crippen LogP contribution in [0.25, 0.3) is 17.1 Å². The van der Waals surface area contributed by atoms with Crippen molar-refractivity contribution in [1.82, 2.24) is 20.1 Å². The normalized spacial score (nSPS) is 11.0. The van der Waals surface area contributed by atoms with Gasteiger partial charge in [-0.05, 0) is 37.1 Å². The fourth-order valence-corrected chi connectivity index (χ4v) is 3.48. The third-order valence-corrected chi connectivity index (χ3v) is 5.25. The van der Waals surface area contributed by atoms with E-state index in [1.54, 1.807) is 0 Å². The van der Waals surface area contributed by atoms with Gasteiger partial charge in [-0.25, -0.2) is 0 Å². The van der Waals surface area contributed by atoms with E-state index in [1.165, 1.54) is 17.3 Å². The van der Waals surface area contributed by atoms with Crippen LogP contribution in [-0.4, -0.2) is 33.0 Å². The highest BCUT2D eigenvalue weighted by molar-refractivity contribution is 7.99. The molecule has 0 saturated heterocycles. The average Bonchev–Trinajstić information content (AvgIpc) is 3.10. The van der Waals surface area contributed by atoms with E-state index in [-0.39, 0.29) is 11.7 Å². The molecular formula is C21H23ClN4OS. The second kappa shape index (κ2) is 9.26. The molecule has 1 aromatic heterocycles. The lowest BCUT2D eigenvalue weighted by atomic mass is 10.1. The molecule has 2 aromatic carbocycles. The van der Waals surface area contributed by atoms with Gasteiger partial charge in [0.1, 0.15) is 0 Å². The van der Waals surface area contributed by atoms with Crippen LogP contribution in [0.2, 0.25) is 5.02 Å². The Bertz CT molecular complexity index is 936. The molecule has 0 saturated carbocycles. The average molecular weight is 415 g/mol. The number of aryl methyl sites for hydroxylation is 1. The van der Waals surface area contributed by atoms with E-state index >= 15 is 0 Å². The monoisotopic (exact) mass is 414 g/mol. The van der Waals surface area contributed by atoms with Crippen LogP contribution in [0.5, 0.6) is 0 Å². The maximum absolute atomic E-state index is 12.1. The Balaban J connectivity index is 1.90. The highest BCUT2D eigenvalue weighted by Crippen LogP contribution is 2.28. The Kier molecular flexibility index (Phi) is 6.75. The minimum atomic E-state index is -0.0127. The van der Waals surface area contributed by atoms with Crippen LogP contribution in [0.3, 0.4) is 0 Å². The number of benzene rings is 2. The lowest BCUT2D eigenvalue weighted by Gasteiger charge is -2.11. The van der Waals surface area contributed by atoms with Crippen LogP contribution in [0.4, 0.5) is 0 Å². The topological polar surface area (TPSA) is 59.8 Å². The highest BCUT2D eigenvalue weighted by Gasteiger charge is 2.17. The van der Waals surface area contributed by atoms with E-state index in [0.29, 0.717) is 22.6 Å². The number of thioether (sulfide) groups is 1. The van der Waals surface area contributed by atoms with Crippen molar-refractivity contribution in [2.24, 2.45) is 5.92 Å². The van der Waals surface area contributed by atoms with E-state index in [2.05, 4.69) is 29.4 Å². The first kappa shape index (κ1) is 20.4. The van der Waals surface area contributed by atoms with Crippen molar-refractivity contribution >= 4 is 29.3 Å². The SMILES string of the molecule is Cc1ccc(-c2nnc(SCC(=O)NCC(C)C)n2-c2ccc(Cl)cc2)cc1. The number of hydrogen-bond acceptors (Lipinski definition) is 4. The number of nitrogens with zero attached hydrogens (tertiary/aromatic N) is 3. The number of carbonyl (C=O) groups is 1. The summed E-state index contributed by atoms with van der Waals surface area (Å²) in [7, 11) is 0. The molecule has 0 unspecified atom stereocenters. The zero-order valence-corrected chi connectivity index (χ0v) is 17.7. The zero-order chi connectivity index (χ0) is 20.1. The van der Waals surface area contributed by atoms with Gasteiger partial charge in [0.15, 0.2) is 11.0 Å². The first-order chi connectivity index (χ1) is 13.4. The fourth-order valence-electron chi connectivity index (χ4n) is 2.58. The van der Waals surface area contributed by atoms with E-state index < -0.39 is 0 Å². The molecule has 0 radical (unpaired) electrons. The largest absolute Gasteiger partial charge is 0.355 e. The summed E-state index contributed by atoms with van der Waals surface area (Å²) in [6.07, 6.45) is 0. The Morgan fingerprint density at radius 3 is 2.43 bits per heavy atom. The molecule has 3 rings (SSSR count). The fraction of sp³-hybridized carbons (Fsp3) is 0.286. The van der Waals surface area contributed by atoms with Gasteiger partial charge >= 0.3 is 0 Å². The molecule has 0 aliphatic heterocycles. The maximum atomic E-state index is 12.1. The van der Waals surface area contributed by atoms with Gasteiger partial charge in [-0.1, -0.05) is 67.0 Å². The van der Waals surface area contributed by atoms with Crippen LogP contribution >= 0.6 is 23.4 Å². The molecule has 3 aromatic rings. The maximum Gasteiger partial charge on any atom is 0.230 e. The third kappa shape index (κ3) is 5.14. The summed E-state index contributed by atoms with van der Waals surface area (Å²) in [4.78, 5) is 12.1. The zero-order valence-electron chi connectivity index (χ0n) is 16.1. The summed E-state index contributed by atoms with van der Waals surface area (Å²) in [6.45, 7) is 6.85. The molecule has 7 heteroatoms. The van der Waals surface area contributed by atoms with Gasteiger partial charge in [0.2, 0.25) is 5.91 Å². The molecule has 28 heavy (non-hydrogen) atoms. The smallest absolute Gasteiger partial charge is 0.230 e. The van der Waals surface area contributed by atoms with Crippen LogP contribution in [0.1, 0.15) is 19.4 Å². The van der Waals surface area contributed by atoms with Gasteiger partial charge < -0.3 is 5.32 Å². The van der Waals surface area contributed by atoms with Gasteiger partial charge in [0.25, 0.3) is 0 Å². The molecule has 1 N–H and O–H groups in total. The van der Waals surface area contributed by atoms with Gasteiger partial charge in [-0.2, -0.15) is 0 Å². The molecule has 1 amide bonds. The Labute approximate surface area is 174 Å². The second-order valence-electron chi connectivity index (χ2n) is 6.97. The number of nitrogens with one attached hydrogen (secondary N) is 1. The van der Waals surface area contributed by atoms with E-state index in [1.807, 2.05) is 60.0 Å². The van der Waals surface area contributed by atoms with Crippen molar-refractivity contribution in [3.63, 3.8) is 0 Å². The van der Waals surface area contributed by atoms with Gasteiger partial charge in [0.05, 0.1) is 5.75 Å². The van der Waals surface area contributed by atoms with Crippen molar-refractivity contribution in [1.29, 1.82) is 0 Å². The molecule has 5 nitrogen and oxygen atoms in total. The standard InChI is InChI=1S/C21H23ClN4OS/c1-14(2)12-23-19(27)13-28-21-25-24-20(16-6-4-15(3)5-7-16)26(21)18-10-8-17(22)9-11-18/h4-11,14H,12-13H2,1-3H3,(H,23,27). The predicted molar refractivity (Wildman–Crippen MR) is 115 cm³/mol. The van der Waals surface area contributed by atoms with Gasteiger partial charge in [-0.3, -0.25) is 9.36 Å². The van der Waals surface area contributed by atoms with Gasteiger partial charge in [0, 0.05) is 22.8 Å². The van der Waals surface area contributed by atoms with E-state index in [9.17, 15) is 4.79 Å². The highest BCUT2D eigenvalue weighted by atomic mass is 35.5. The van der Waals surface area contributed by atoms with Crippen molar-refractivity contribution < 1.29 is 4.79 Å². The molecule has 0 bridgehead atoms. The number of carbonyl (C=O) groups excluding carboxylic acids is 1. The summed E-state index contributed by atoms with van der Waals surface area (Å²) in [6, 6.07) is 15.6. The predicted octanol–water partition coefficient (Wildman–Crippen LogP) is 4.76. The number of hydrogen-bond donors (Lipinski definition) is 1. The Morgan fingerprint density at radius 1 is 1.11 bits per heavy atom. The van der Waals surface area contributed by atoms with E-state index in [0.717, 1.165) is 17.1 Å². The number of rotatable bonds is 7. The minimum absolute atomic E-state index is 0.0127. The number of aromatic nitrogens is 3. The Hall–Kier alpha value is -2.31. The summed E-state index contributed by atoms with van der Waals surface area (Å²) in [5.74, 6) is 1.42. The van der Waals surface area contributed by atoms with Crippen LogP contribution in [-0.2, 0) is 4.79 Å². The van der Waals surface area contributed by atoms with Crippen LogP contribution in [0, 0.1) is 12.8 Å². The summed E-state index contributed by atoms with van der Waals surface area (Å²) >= 11 is 7.42. The minimum Gasteiger partial charge on any atom is -0.355 e. The molecule has 0 spiro atoms. The molecule has 146 valence electrons. The molecule has 0 aliphatic rings. The van der Waals surface area contributed by atoms with Crippen molar-refractivity contribution in [3.8, 4) is 17.1 Å². The van der Waals surface area contributed by atoms with Crippen LogP contribution in [0.15, 0.2) is 53.7 Å². The van der Waals surface area contributed by atoms with Crippen molar-refractivity contribution in [2.45, 2.75) is 25.9 Å². The van der Waals surface area contributed by atoms with Gasteiger partial charge in [-0.15, -0.1) is 10.2 Å². The van der Waals surface area contributed by atoms with Crippen molar-refractivity contribution in [2.75, 3.05) is 12.3 Å². The number of halogens is 1. The lowest BCUT2D eigenvalue weighted by Crippen LogP contribution is -2.28. The molecule has 0 atom stereocenters. The first-order valence-electron chi connectivity index (χ1n) is 9.12. The summed E-state index contributed by atoms with van der Waals surface area (Å²) in [5, 5.41) is 13.0. The molecule has 1 heterocycles.